The van der Waals surface area contributed by atoms with Crippen LogP contribution in [0.4, 0.5) is 0 Å². The van der Waals surface area contributed by atoms with Crippen LogP contribution in [0.3, 0.4) is 0 Å². The van der Waals surface area contributed by atoms with Crippen molar-refractivity contribution < 1.29 is 5.11 Å². The fraction of sp³-hybridized carbons (Fsp3) is 0.0667. The molecule has 2 heterocycles. The van der Waals surface area contributed by atoms with E-state index in [4.69, 9.17) is 11.6 Å². The predicted molar refractivity (Wildman–Crippen MR) is 83.8 cm³/mol. The average Bonchev–Trinajstić information content (AvgIpc) is 2.83. The Morgan fingerprint density at radius 1 is 1.14 bits per heavy atom. The molecule has 4 nitrogen and oxygen atoms in total. The summed E-state index contributed by atoms with van der Waals surface area (Å²) in [7, 11) is 0. The topological polar surface area (TPSA) is 61.8 Å². The molecule has 0 unspecified atom stereocenters. The van der Waals surface area contributed by atoms with E-state index in [-0.39, 0.29) is 5.75 Å². The van der Waals surface area contributed by atoms with Gasteiger partial charge in [-0.25, -0.2) is 9.97 Å². The maximum absolute atomic E-state index is 9.38. The number of nitrogens with zero attached hydrogens (tertiary/aromatic N) is 2. The lowest BCUT2D eigenvalue weighted by molar-refractivity contribution is 0.475. The molecule has 2 N–H and O–H groups in total. The molecule has 0 fully saturated rings. The zero-order valence-electron chi connectivity index (χ0n) is 11.2. The van der Waals surface area contributed by atoms with Crippen LogP contribution >= 0.6 is 23.4 Å². The van der Waals surface area contributed by atoms with E-state index in [1.807, 2.05) is 25.1 Å². The van der Waals surface area contributed by atoms with Crippen molar-refractivity contribution in [3.63, 3.8) is 0 Å². The standard InChI is InChI=1S/C15H12ClN3OS/c1-9-18-14(10-2-5-12(20)6-3-10)15(19-9)21-13-7-4-11(16)8-17-13/h2-8,20H,1H3,(H,18,19). The Bertz CT molecular complexity index is 754. The summed E-state index contributed by atoms with van der Waals surface area (Å²) in [5.74, 6) is 1.06. The summed E-state index contributed by atoms with van der Waals surface area (Å²) in [6, 6.07) is 10.6. The van der Waals surface area contributed by atoms with Crippen LogP contribution in [-0.2, 0) is 0 Å². The summed E-state index contributed by atoms with van der Waals surface area (Å²) in [6.45, 7) is 1.91. The monoisotopic (exact) mass is 317 g/mol. The van der Waals surface area contributed by atoms with Gasteiger partial charge >= 0.3 is 0 Å². The highest BCUT2D eigenvalue weighted by atomic mass is 35.5. The molecule has 0 spiro atoms. The fourth-order valence-electron chi connectivity index (χ4n) is 1.89. The normalized spacial score (nSPS) is 10.8. The van der Waals surface area contributed by atoms with Crippen molar-refractivity contribution in [3.8, 4) is 17.0 Å². The molecule has 2 aromatic heterocycles. The van der Waals surface area contributed by atoms with E-state index in [2.05, 4.69) is 15.0 Å². The molecule has 0 bridgehead atoms. The Morgan fingerprint density at radius 3 is 2.57 bits per heavy atom. The molecule has 106 valence electrons. The fourth-order valence-corrected chi connectivity index (χ4v) is 2.91. The third-order valence-electron chi connectivity index (χ3n) is 2.84. The molecule has 0 saturated carbocycles. The number of H-pyrrole nitrogens is 1. The van der Waals surface area contributed by atoms with Crippen LogP contribution in [0.25, 0.3) is 11.3 Å². The van der Waals surface area contributed by atoms with E-state index in [0.29, 0.717) is 5.02 Å². The molecule has 0 saturated heterocycles. The second-order valence-corrected chi connectivity index (χ2v) is 5.93. The zero-order valence-corrected chi connectivity index (χ0v) is 12.7. The Kier molecular flexibility index (Phi) is 3.86. The van der Waals surface area contributed by atoms with Gasteiger partial charge in [0, 0.05) is 11.8 Å². The largest absolute Gasteiger partial charge is 0.508 e. The number of imidazole rings is 1. The number of pyridine rings is 1. The Hall–Kier alpha value is -1.98. The van der Waals surface area contributed by atoms with Crippen molar-refractivity contribution >= 4 is 23.4 Å². The quantitative estimate of drug-likeness (QED) is 0.756. The number of hydrogen-bond acceptors (Lipinski definition) is 4. The lowest BCUT2D eigenvalue weighted by Crippen LogP contribution is -1.83. The van der Waals surface area contributed by atoms with Gasteiger partial charge in [-0.05, 0) is 55.1 Å². The lowest BCUT2D eigenvalue weighted by Gasteiger charge is -2.03. The van der Waals surface area contributed by atoms with Gasteiger partial charge in [0.25, 0.3) is 0 Å². The molecule has 0 radical (unpaired) electrons. The van der Waals surface area contributed by atoms with Crippen LogP contribution in [0.5, 0.6) is 5.75 Å². The SMILES string of the molecule is Cc1nc(-c2ccc(O)cc2)c(Sc2ccc(Cl)cn2)[nH]1. The Labute approximate surface area is 131 Å². The minimum atomic E-state index is 0.236. The molecule has 3 rings (SSSR count). The molecule has 0 aliphatic rings. The average molecular weight is 318 g/mol. The summed E-state index contributed by atoms with van der Waals surface area (Å²) in [5, 5.41) is 11.7. The molecule has 6 heteroatoms. The van der Waals surface area contributed by atoms with Gasteiger partial charge in [-0.2, -0.15) is 0 Å². The van der Waals surface area contributed by atoms with Crippen molar-refractivity contribution in [2.45, 2.75) is 17.0 Å². The van der Waals surface area contributed by atoms with Crippen LogP contribution < -0.4 is 0 Å². The van der Waals surface area contributed by atoms with Crippen LogP contribution in [-0.4, -0.2) is 20.1 Å². The number of rotatable bonds is 3. The molecular formula is C15H12ClN3OS. The first kappa shape index (κ1) is 14.0. The highest BCUT2D eigenvalue weighted by molar-refractivity contribution is 7.99. The number of aromatic amines is 1. The van der Waals surface area contributed by atoms with Crippen molar-refractivity contribution in [3.05, 3.63) is 53.4 Å². The van der Waals surface area contributed by atoms with Gasteiger partial charge in [0.05, 0.1) is 5.02 Å². The van der Waals surface area contributed by atoms with Gasteiger partial charge < -0.3 is 10.1 Å². The number of phenols is 1. The Balaban J connectivity index is 1.95. The first-order valence-corrected chi connectivity index (χ1v) is 7.47. The molecule has 0 aliphatic heterocycles. The molecular weight excluding hydrogens is 306 g/mol. The number of benzene rings is 1. The first-order chi connectivity index (χ1) is 10.1. The van der Waals surface area contributed by atoms with Gasteiger partial charge in [-0.1, -0.05) is 11.6 Å². The zero-order chi connectivity index (χ0) is 14.8. The Morgan fingerprint density at radius 2 is 1.90 bits per heavy atom. The highest BCUT2D eigenvalue weighted by Gasteiger charge is 2.12. The van der Waals surface area contributed by atoms with Crippen LogP contribution in [0, 0.1) is 6.92 Å². The number of aryl methyl sites for hydroxylation is 1. The maximum atomic E-state index is 9.38. The molecule has 3 aromatic rings. The van der Waals surface area contributed by atoms with E-state index in [1.165, 1.54) is 11.8 Å². The summed E-state index contributed by atoms with van der Waals surface area (Å²) >= 11 is 7.34. The smallest absolute Gasteiger partial charge is 0.115 e. The number of hydrogen-bond donors (Lipinski definition) is 2. The lowest BCUT2D eigenvalue weighted by atomic mass is 10.2. The number of phenolic OH excluding ortho intramolecular Hbond substituents is 1. The van der Waals surface area contributed by atoms with Crippen LogP contribution in [0.2, 0.25) is 5.02 Å². The molecule has 0 amide bonds. The van der Waals surface area contributed by atoms with Gasteiger partial charge in [-0.15, -0.1) is 0 Å². The molecule has 0 atom stereocenters. The summed E-state index contributed by atoms with van der Waals surface area (Å²) < 4.78 is 0. The van der Waals surface area contributed by atoms with Crippen molar-refractivity contribution in [1.29, 1.82) is 0 Å². The molecule has 21 heavy (non-hydrogen) atoms. The minimum Gasteiger partial charge on any atom is -0.508 e. The van der Waals surface area contributed by atoms with Crippen molar-refractivity contribution in [2.75, 3.05) is 0 Å². The van der Waals surface area contributed by atoms with E-state index >= 15 is 0 Å². The predicted octanol–water partition coefficient (Wildman–Crippen LogP) is 4.29. The van der Waals surface area contributed by atoms with E-state index in [9.17, 15) is 5.11 Å². The first-order valence-electron chi connectivity index (χ1n) is 6.27. The van der Waals surface area contributed by atoms with Gasteiger partial charge in [0.15, 0.2) is 0 Å². The van der Waals surface area contributed by atoms with E-state index in [0.717, 1.165) is 27.1 Å². The van der Waals surface area contributed by atoms with Crippen molar-refractivity contribution in [1.82, 2.24) is 15.0 Å². The third-order valence-corrected chi connectivity index (χ3v) is 4.01. The van der Waals surface area contributed by atoms with Gasteiger partial charge in [-0.3, -0.25) is 0 Å². The highest BCUT2D eigenvalue weighted by Crippen LogP contribution is 2.34. The van der Waals surface area contributed by atoms with Crippen LogP contribution in [0.15, 0.2) is 52.6 Å². The summed E-state index contributed by atoms with van der Waals surface area (Å²) in [5.41, 5.74) is 1.78. The summed E-state index contributed by atoms with van der Waals surface area (Å²) in [4.78, 5) is 12.0. The number of aromatic hydroxyl groups is 1. The van der Waals surface area contributed by atoms with Crippen LogP contribution in [0.1, 0.15) is 5.82 Å². The third kappa shape index (κ3) is 3.20. The van der Waals surface area contributed by atoms with Gasteiger partial charge in [0.2, 0.25) is 0 Å². The second kappa shape index (κ2) is 5.79. The molecule has 1 aromatic carbocycles. The second-order valence-electron chi connectivity index (χ2n) is 4.46. The molecule has 0 aliphatic carbocycles. The number of aromatic nitrogens is 3. The maximum Gasteiger partial charge on any atom is 0.115 e. The number of halogens is 1. The van der Waals surface area contributed by atoms with Gasteiger partial charge in [0.1, 0.15) is 27.3 Å². The van der Waals surface area contributed by atoms with E-state index < -0.39 is 0 Å². The minimum absolute atomic E-state index is 0.236. The van der Waals surface area contributed by atoms with E-state index in [1.54, 1.807) is 24.4 Å². The van der Waals surface area contributed by atoms with Crippen molar-refractivity contribution in [2.24, 2.45) is 0 Å². The summed E-state index contributed by atoms with van der Waals surface area (Å²) in [6.07, 6.45) is 1.62. The number of nitrogens with one attached hydrogen (secondary N) is 1.